The van der Waals surface area contributed by atoms with Crippen LogP contribution in [0, 0.1) is 23.2 Å². The summed E-state index contributed by atoms with van der Waals surface area (Å²) >= 11 is 0. The van der Waals surface area contributed by atoms with E-state index in [-0.39, 0.29) is 36.0 Å². The van der Waals surface area contributed by atoms with Crippen LogP contribution in [0.3, 0.4) is 0 Å². The average Bonchev–Trinajstić information content (AvgIpc) is 3.28. The van der Waals surface area contributed by atoms with E-state index in [4.69, 9.17) is 4.74 Å². The van der Waals surface area contributed by atoms with E-state index in [0.717, 1.165) is 23.7 Å². The second-order valence-corrected chi connectivity index (χ2v) is 9.32. The Morgan fingerprint density at radius 3 is 2.88 bits per heavy atom. The summed E-state index contributed by atoms with van der Waals surface area (Å²) in [6.45, 7) is 3.16. The minimum absolute atomic E-state index is 0.0710. The van der Waals surface area contributed by atoms with Gasteiger partial charge in [0.15, 0.2) is 0 Å². The van der Waals surface area contributed by atoms with Gasteiger partial charge >= 0.3 is 0 Å². The van der Waals surface area contributed by atoms with Gasteiger partial charge in [-0.05, 0) is 56.2 Å². The molecule has 9 nitrogen and oxygen atoms in total. The number of nitriles is 1. The number of fused-ring (bicyclic) bond motifs is 1. The summed E-state index contributed by atoms with van der Waals surface area (Å²) in [5.41, 5.74) is 1.17. The molecule has 2 aromatic rings. The number of aromatic nitrogens is 1. The molecule has 1 aromatic heterocycles. The Balaban J connectivity index is 1.51. The van der Waals surface area contributed by atoms with Gasteiger partial charge in [0.05, 0.1) is 13.2 Å². The van der Waals surface area contributed by atoms with Crippen molar-refractivity contribution in [3.8, 4) is 11.8 Å². The first-order valence-electron chi connectivity index (χ1n) is 11.9. The predicted molar refractivity (Wildman–Crippen MR) is 126 cm³/mol. The highest BCUT2D eigenvalue weighted by atomic mass is 16.5. The second kappa shape index (κ2) is 10.2. The molecule has 3 amide bonds. The molecule has 1 aromatic carbocycles. The van der Waals surface area contributed by atoms with Crippen molar-refractivity contribution in [3.05, 3.63) is 30.0 Å². The van der Waals surface area contributed by atoms with Gasteiger partial charge in [-0.1, -0.05) is 13.0 Å². The monoisotopic (exact) mass is 465 g/mol. The lowest BCUT2D eigenvalue weighted by molar-refractivity contribution is -0.129. The van der Waals surface area contributed by atoms with Gasteiger partial charge in [-0.25, -0.2) is 0 Å². The van der Waals surface area contributed by atoms with Gasteiger partial charge in [-0.15, -0.1) is 0 Å². The third kappa shape index (κ3) is 4.86. The largest absolute Gasteiger partial charge is 0.496 e. The second-order valence-electron chi connectivity index (χ2n) is 9.32. The zero-order valence-electron chi connectivity index (χ0n) is 19.6. The van der Waals surface area contributed by atoms with E-state index >= 15 is 0 Å². The lowest BCUT2D eigenvalue weighted by Gasteiger charge is -2.38. The molecule has 3 heterocycles. The standard InChI is InChI=1S/C25H31N5O4/c1-15-8-9-21(24(32)28-17(13-26)11-16-5-4-10-27-23(16)31)30(14-15)25(33)20-12-18-19(29-20)6-3-7-22(18)34-2/h3,6-7,12,15-17,21,29H,4-5,8-11,14H2,1-2H3,(H,27,31)(H,28,32)/t15?,16-,17-,21?/m0/s1. The highest BCUT2D eigenvalue weighted by molar-refractivity contribution is 6.01. The van der Waals surface area contributed by atoms with Crippen LogP contribution in [-0.2, 0) is 9.59 Å². The number of piperidine rings is 2. The van der Waals surface area contributed by atoms with Crippen LogP contribution in [0.15, 0.2) is 24.3 Å². The van der Waals surface area contributed by atoms with Crippen molar-refractivity contribution in [3.63, 3.8) is 0 Å². The highest BCUT2D eigenvalue weighted by Gasteiger charge is 2.37. The van der Waals surface area contributed by atoms with Crippen molar-refractivity contribution in [1.29, 1.82) is 5.26 Å². The lowest BCUT2D eigenvalue weighted by Crippen LogP contribution is -2.55. The van der Waals surface area contributed by atoms with Gasteiger partial charge in [0.2, 0.25) is 11.8 Å². The van der Waals surface area contributed by atoms with Gasteiger partial charge in [0.1, 0.15) is 23.5 Å². The van der Waals surface area contributed by atoms with Crippen molar-refractivity contribution in [1.82, 2.24) is 20.5 Å². The summed E-state index contributed by atoms with van der Waals surface area (Å²) in [4.78, 5) is 43.6. The number of nitrogens with one attached hydrogen (secondary N) is 3. The molecule has 0 saturated carbocycles. The van der Waals surface area contributed by atoms with Crippen molar-refractivity contribution in [2.75, 3.05) is 20.2 Å². The fourth-order valence-corrected chi connectivity index (χ4v) is 4.98. The van der Waals surface area contributed by atoms with E-state index in [2.05, 4.69) is 28.6 Å². The van der Waals surface area contributed by atoms with E-state index in [9.17, 15) is 19.6 Å². The minimum atomic E-state index is -0.782. The van der Waals surface area contributed by atoms with Gasteiger partial charge in [-0.2, -0.15) is 5.26 Å². The molecule has 0 aliphatic carbocycles. The number of ether oxygens (including phenoxy) is 1. The molecule has 2 aliphatic rings. The van der Waals surface area contributed by atoms with E-state index in [1.54, 1.807) is 18.1 Å². The number of H-pyrrole nitrogens is 1. The van der Waals surface area contributed by atoms with Crippen LogP contribution in [0.2, 0.25) is 0 Å². The number of benzene rings is 1. The number of rotatable bonds is 6. The number of carbonyl (C=O) groups is 3. The van der Waals surface area contributed by atoms with Crippen LogP contribution < -0.4 is 15.4 Å². The molecule has 2 fully saturated rings. The summed E-state index contributed by atoms with van der Waals surface area (Å²) in [7, 11) is 1.58. The van der Waals surface area contributed by atoms with Gasteiger partial charge < -0.3 is 25.3 Å². The number of nitrogens with zero attached hydrogens (tertiary/aromatic N) is 2. The van der Waals surface area contributed by atoms with Gasteiger partial charge in [-0.3, -0.25) is 14.4 Å². The first-order valence-corrected chi connectivity index (χ1v) is 11.9. The third-order valence-corrected chi connectivity index (χ3v) is 6.85. The number of amides is 3. The Kier molecular flexibility index (Phi) is 7.06. The molecule has 3 N–H and O–H groups in total. The molecule has 4 rings (SSSR count). The summed E-state index contributed by atoms with van der Waals surface area (Å²) in [5.74, 6) is -0.0495. The fraction of sp³-hybridized carbons (Fsp3) is 0.520. The number of methoxy groups -OCH3 is 1. The predicted octanol–water partition coefficient (Wildman–Crippen LogP) is 2.34. The normalized spacial score (nSPS) is 23.6. The average molecular weight is 466 g/mol. The van der Waals surface area contributed by atoms with Crippen LogP contribution in [0.25, 0.3) is 10.9 Å². The third-order valence-electron chi connectivity index (χ3n) is 6.85. The van der Waals surface area contributed by atoms with Crippen molar-refractivity contribution in [2.24, 2.45) is 11.8 Å². The topological polar surface area (TPSA) is 127 Å². The molecule has 0 bridgehead atoms. The number of aromatic amines is 1. The molecule has 0 spiro atoms. The van der Waals surface area contributed by atoms with E-state index in [1.807, 2.05) is 18.2 Å². The summed E-state index contributed by atoms with van der Waals surface area (Å²) < 4.78 is 5.40. The molecule has 180 valence electrons. The van der Waals surface area contributed by atoms with Crippen LogP contribution in [0.5, 0.6) is 5.75 Å². The molecule has 4 atom stereocenters. The minimum Gasteiger partial charge on any atom is -0.496 e. The SMILES string of the molecule is COc1cccc2[nH]c(C(=O)N3CC(C)CCC3C(=O)N[C@H](C#N)C[C@@H]3CCCNC3=O)cc12. The van der Waals surface area contributed by atoms with Crippen LogP contribution in [-0.4, -0.2) is 59.9 Å². The molecule has 9 heteroatoms. The number of hydrogen-bond donors (Lipinski definition) is 3. The van der Waals surface area contributed by atoms with Crippen LogP contribution in [0.1, 0.15) is 49.5 Å². The Morgan fingerprint density at radius 2 is 2.15 bits per heavy atom. The molecule has 34 heavy (non-hydrogen) atoms. The van der Waals surface area contributed by atoms with Crippen LogP contribution >= 0.6 is 0 Å². The maximum Gasteiger partial charge on any atom is 0.270 e. The maximum absolute atomic E-state index is 13.5. The fourth-order valence-electron chi connectivity index (χ4n) is 4.98. The van der Waals surface area contributed by atoms with Crippen molar-refractivity contribution in [2.45, 2.75) is 51.1 Å². The highest BCUT2D eigenvalue weighted by Crippen LogP contribution is 2.29. The van der Waals surface area contributed by atoms with Crippen LogP contribution in [0.4, 0.5) is 0 Å². The molecular formula is C25H31N5O4. The maximum atomic E-state index is 13.5. The molecule has 2 aliphatic heterocycles. The lowest BCUT2D eigenvalue weighted by atomic mass is 9.91. The molecule has 2 unspecified atom stereocenters. The van der Waals surface area contributed by atoms with E-state index < -0.39 is 12.1 Å². The van der Waals surface area contributed by atoms with E-state index in [0.29, 0.717) is 37.4 Å². The Labute approximate surface area is 198 Å². The summed E-state index contributed by atoms with van der Waals surface area (Å²) in [6, 6.07) is 7.97. The first-order chi connectivity index (χ1) is 16.4. The molecule has 0 radical (unpaired) electrons. The summed E-state index contributed by atoms with van der Waals surface area (Å²) in [6.07, 6.45) is 3.16. The number of hydrogen-bond acceptors (Lipinski definition) is 5. The number of carbonyl (C=O) groups excluding carboxylic acids is 3. The van der Waals surface area contributed by atoms with E-state index in [1.165, 1.54) is 0 Å². The Bertz CT molecular complexity index is 1120. The smallest absolute Gasteiger partial charge is 0.270 e. The summed E-state index contributed by atoms with van der Waals surface area (Å²) in [5, 5.41) is 16.0. The number of likely N-dealkylation sites (tertiary alicyclic amines) is 1. The Morgan fingerprint density at radius 1 is 1.32 bits per heavy atom. The molecule has 2 saturated heterocycles. The van der Waals surface area contributed by atoms with Gasteiger partial charge in [0, 0.05) is 29.9 Å². The Hall–Kier alpha value is -3.54. The van der Waals surface area contributed by atoms with Crippen molar-refractivity contribution < 1.29 is 19.1 Å². The zero-order valence-corrected chi connectivity index (χ0v) is 19.6. The van der Waals surface area contributed by atoms with Crippen molar-refractivity contribution >= 4 is 28.6 Å². The quantitative estimate of drug-likeness (QED) is 0.603. The zero-order chi connectivity index (χ0) is 24.2. The molecular weight excluding hydrogens is 434 g/mol. The first kappa shape index (κ1) is 23.6. The van der Waals surface area contributed by atoms with Gasteiger partial charge in [0.25, 0.3) is 5.91 Å².